The zero-order valence-electron chi connectivity index (χ0n) is 12.5. The van der Waals surface area contributed by atoms with E-state index >= 15 is 0 Å². The van der Waals surface area contributed by atoms with Gasteiger partial charge in [-0.25, -0.2) is 4.79 Å². The molecule has 120 valence electrons. The number of benzene rings is 3. The SMILES string of the molecule is C=CC(=O)Oc1c(Sc2ccccc2)cc(O)c2cc(Cl)ccc12. The Morgan fingerprint density at radius 1 is 1.12 bits per heavy atom. The van der Waals surface area contributed by atoms with Crippen molar-refractivity contribution in [3.63, 3.8) is 0 Å². The standard InChI is InChI=1S/C19H13ClO3S/c1-2-18(22)23-19-14-9-8-12(20)10-15(14)16(21)11-17(19)24-13-6-4-3-5-7-13/h2-11,21H,1H2. The lowest BCUT2D eigenvalue weighted by atomic mass is 10.1. The van der Waals surface area contributed by atoms with Crippen molar-refractivity contribution in [1.29, 1.82) is 0 Å². The van der Waals surface area contributed by atoms with Gasteiger partial charge in [0.05, 0.1) is 4.90 Å². The zero-order chi connectivity index (χ0) is 17.1. The van der Waals surface area contributed by atoms with E-state index in [4.69, 9.17) is 16.3 Å². The molecule has 0 radical (unpaired) electrons. The third kappa shape index (κ3) is 3.40. The second-order valence-corrected chi connectivity index (χ2v) is 6.50. The molecule has 3 aromatic carbocycles. The molecule has 24 heavy (non-hydrogen) atoms. The van der Waals surface area contributed by atoms with Gasteiger partial charge in [-0.05, 0) is 36.4 Å². The Bertz CT molecular complexity index is 923. The minimum absolute atomic E-state index is 0.0735. The lowest BCUT2D eigenvalue weighted by Gasteiger charge is -2.14. The molecule has 0 aliphatic carbocycles. The van der Waals surface area contributed by atoms with Crippen LogP contribution in [0.2, 0.25) is 5.02 Å². The smallest absolute Gasteiger partial charge is 0.335 e. The fraction of sp³-hybridized carbons (Fsp3) is 0. The van der Waals surface area contributed by atoms with Gasteiger partial charge in [0.1, 0.15) is 5.75 Å². The summed E-state index contributed by atoms with van der Waals surface area (Å²) in [6.45, 7) is 3.43. The number of hydrogen-bond donors (Lipinski definition) is 1. The van der Waals surface area contributed by atoms with Crippen LogP contribution in [0.1, 0.15) is 0 Å². The molecule has 0 spiro atoms. The normalized spacial score (nSPS) is 10.5. The third-order valence-corrected chi connectivity index (χ3v) is 4.60. The van der Waals surface area contributed by atoms with Gasteiger partial charge in [-0.15, -0.1) is 0 Å². The number of aromatic hydroxyl groups is 1. The van der Waals surface area contributed by atoms with E-state index in [-0.39, 0.29) is 5.75 Å². The molecule has 0 bridgehead atoms. The number of ether oxygens (including phenoxy) is 1. The van der Waals surface area contributed by atoms with Gasteiger partial charge >= 0.3 is 5.97 Å². The quantitative estimate of drug-likeness (QED) is 0.384. The van der Waals surface area contributed by atoms with Crippen LogP contribution in [0.15, 0.2) is 77.0 Å². The van der Waals surface area contributed by atoms with E-state index in [1.807, 2.05) is 30.3 Å². The van der Waals surface area contributed by atoms with Crippen LogP contribution < -0.4 is 4.74 Å². The summed E-state index contributed by atoms with van der Waals surface area (Å²) in [6.07, 6.45) is 1.10. The summed E-state index contributed by atoms with van der Waals surface area (Å²) in [5.74, 6) is -0.116. The Morgan fingerprint density at radius 2 is 1.88 bits per heavy atom. The number of hydrogen-bond acceptors (Lipinski definition) is 4. The first-order valence-corrected chi connectivity index (χ1v) is 8.30. The predicted molar refractivity (Wildman–Crippen MR) is 97.0 cm³/mol. The highest BCUT2D eigenvalue weighted by Crippen LogP contribution is 2.44. The third-order valence-electron chi connectivity index (χ3n) is 3.33. The summed E-state index contributed by atoms with van der Waals surface area (Å²) >= 11 is 7.40. The van der Waals surface area contributed by atoms with Crippen LogP contribution in [-0.2, 0) is 4.79 Å². The van der Waals surface area contributed by atoms with Crippen molar-refractivity contribution in [1.82, 2.24) is 0 Å². The zero-order valence-corrected chi connectivity index (χ0v) is 14.1. The molecule has 3 aromatic rings. The van der Waals surface area contributed by atoms with Gasteiger partial charge in [0.25, 0.3) is 0 Å². The molecule has 0 amide bonds. The molecule has 3 rings (SSSR count). The van der Waals surface area contributed by atoms with E-state index in [9.17, 15) is 9.90 Å². The van der Waals surface area contributed by atoms with E-state index in [0.717, 1.165) is 11.0 Å². The van der Waals surface area contributed by atoms with Crippen LogP contribution in [0, 0.1) is 0 Å². The first kappa shape index (κ1) is 16.4. The first-order chi connectivity index (χ1) is 11.6. The fourth-order valence-electron chi connectivity index (χ4n) is 2.27. The first-order valence-electron chi connectivity index (χ1n) is 7.11. The lowest BCUT2D eigenvalue weighted by Crippen LogP contribution is -2.04. The molecule has 0 saturated carbocycles. The molecule has 3 nitrogen and oxygen atoms in total. The van der Waals surface area contributed by atoms with Crippen molar-refractivity contribution >= 4 is 40.1 Å². The summed E-state index contributed by atoms with van der Waals surface area (Å²) in [7, 11) is 0. The second kappa shape index (κ2) is 6.99. The monoisotopic (exact) mass is 356 g/mol. The van der Waals surface area contributed by atoms with Crippen molar-refractivity contribution in [3.05, 3.63) is 72.3 Å². The Hall–Kier alpha value is -2.43. The highest BCUT2D eigenvalue weighted by atomic mass is 35.5. The minimum atomic E-state index is -0.563. The molecule has 5 heteroatoms. The molecule has 0 heterocycles. The molecular weight excluding hydrogens is 344 g/mol. The highest BCUT2D eigenvalue weighted by Gasteiger charge is 2.17. The molecule has 0 atom stereocenters. The molecule has 0 unspecified atom stereocenters. The lowest BCUT2D eigenvalue weighted by molar-refractivity contribution is -0.129. The average Bonchev–Trinajstić information content (AvgIpc) is 2.59. The van der Waals surface area contributed by atoms with Crippen molar-refractivity contribution < 1.29 is 14.6 Å². The summed E-state index contributed by atoms with van der Waals surface area (Å²) in [6, 6.07) is 16.2. The Morgan fingerprint density at radius 3 is 2.58 bits per heavy atom. The van der Waals surface area contributed by atoms with Gasteiger partial charge in [-0.1, -0.05) is 48.1 Å². The molecule has 0 aliphatic heterocycles. The van der Waals surface area contributed by atoms with Crippen LogP contribution in [0.3, 0.4) is 0 Å². The van der Waals surface area contributed by atoms with E-state index in [1.54, 1.807) is 24.3 Å². The van der Waals surface area contributed by atoms with Gasteiger partial charge in [0.2, 0.25) is 0 Å². The number of halogens is 1. The van der Waals surface area contributed by atoms with Gasteiger partial charge in [0.15, 0.2) is 5.75 Å². The van der Waals surface area contributed by atoms with Gasteiger partial charge in [-0.2, -0.15) is 0 Å². The van der Waals surface area contributed by atoms with Crippen LogP contribution in [0.25, 0.3) is 10.8 Å². The van der Waals surface area contributed by atoms with Crippen LogP contribution in [0.5, 0.6) is 11.5 Å². The molecule has 0 aromatic heterocycles. The number of phenols is 1. The van der Waals surface area contributed by atoms with Crippen molar-refractivity contribution in [2.45, 2.75) is 9.79 Å². The Balaban J connectivity index is 2.19. The summed E-state index contributed by atoms with van der Waals surface area (Å²) in [5, 5.41) is 12.0. The van der Waals surface area contributed by atoms with Crippen LogP contribution in [-0.4, -0.2) is 11.1 Å². The maximum atomic E-state index is 11.7. The molecule has 0 aliphatic rings. The van der Waals surface area contributed by atoms with E-state index < -0.39 is 5.97 Å². The van der Waals surface area contributed by atoms with Gasteiger partial charge in [-0.3, -0.25) is 0 Å². The number of carbonyl (C=O) groups is 1. The Labute approximate surface area is 148 Å². The summed E-state index contributed by atoms with van der Waals surface area (Å²) < 4.78 is 5.44. The van der Waals surface area contributed by atoms with E-state index in [0.29, 0.717) is 26.4 Å². The van der Waals surface area contributed by atoms with E-state index in [1.165, 1.54) is 11.8 Å². The van der Waals surface area contributed by atoms with Crippen molar-refractivity contribution in [3.8, 4) is 11.5 Å². The average molecular weight is 357 g/mol. The second-order valence-electron chi connectivity index (χ2n) is 4.95. The number of phenolic OH excluding ortho intramolecular Hbond substituents is 1. The molecule has 0 saturated heterocycles. The minimum Gasteiger partial charge on any atom is -0.507 e. The topological polar surface area (TPSA) is 46.5 Å². The summed E-state index contributed by atoms with van der Waals surface area (Å²) in [5.41, 5.74) is 0. The maximum absolute atomic E-state index is 11.7. The van der Waals surface area contributed by atoms with Gasteiger partial charge in [0, 0.05) is 26.8 Å². The largest absolute Gasteiger partial charge is 0.507 e. The number of carbonyl (C=O) groups excluding carboxylic acids is 1. The number of esters is 1. The number of rotatable bonds is 4. The molecular formula is C19H13ClO3S. The highest BCUT2D eigenvalue weighted by molar-refractivity contribution is 7.99. The van der Waals surface area contributed by atoms with Crippen LogP contribution >= 0.6 is 23.4 Å². The van der Waals surface area contributed by atoms with Gasteiger partial charge < -0.3 is 9.84 Å². The number of fused-ring (bicyclic) bond motifs is 1. The van der Waals surface area contributed by atoms with Crippen LogP contribution in [0.4, 0.5) is 0 Å². The van der Waals surface area contributed by atoms with E-state index in [2.05, 4.69) is 6.58 Å². The molecule has 1 N–H and O–H groups in total. The maximum Gasteiger partial charge on any atom is 0.335 e. The summed E-state index contributed by atoms with van der Waals surface area (Å²) in [4.78, 5) is 13.3. The predicted octanol–water partition coefficient (Wildman–Crippen LogP) is 5.44. The van der Waals surface area contributed by atoms with Crippen molar-refractivity contribution in [2.24, 2.45) is 0 Å². The van der Waals surface area contributed by atoms with Crippen molar-refractivity contribution in [2.75, 3.05) is 0 Å². The molecule has 0 fully saturated rings. The fourth-order valence-corrected chi connectivity index (χ4v) is 3.40. The Kier molecular flexibility index (Phi) is 4.79.